The Bertz CT molecular complexity index is 523. The predicted octanol–water partition coefficient (Wildman–Crippen LogP) is 2.30. The van der Waals surface area contributed by atoms with Gasteiger partial charge in [-0.15, -0.1) is 0 Å². The molecule has 0 aromatic heterocycles. The van der Waals surface area contributed by atoms with Crippen LogP contribution < -0.4 is 0 Å². The highest BCUT2D eigenvalue weighted by atomic mass is 17.3. The van der Waals surface area contributed by atoms with Crippen molar-refractivity contribution in [3.63, 3.8) is 0 Å². The number of benzene rings is 1. The maximum Gasteiger partial charge on any atom is 0.237 e. The van der Waals surface area contributed by atoms with Gasteiger partial charge in [-0.3, -0.25) is 4.79 Å². The SMILES string of the molecule is CC(=O)CC12OOC(Cc3cc(C)c(C)cc31)O2. The Labute approximate surface area is 106 Å². The first-order chi connectivity index (χ1) is 8.50. The lowest BCUT2D eigenvalue weighted by Crippen LogP contribution is -2.35. The number of aryl methyl sites for hydroxylation is 2. The first kappa shape index (κ1) is 11.8. The molecule has 0 amide bonds. The lowest BCUT2D eigenvalue weighted by molar-refractivity contribution is -0.332. The van der Waals surface area contributed by atoms with Crippen molar-refractivity contribution in [2.24, 2.45) is 0 Å². The third kappa shape index (κ3) is 1.68. The summed E-state index contributed by atoms with van der Waals surface area (Å²) in [6.45, 7) is 5.65. The molecule has 1 saturated heterocycles. The minimum absolute atomic E-state index is 0.0188. The van der Waals surface area contributed by atoms with Crippen molar-refractivity contribution >= 4 is 5.78 Å². The minimum atomic E-state index is -1.04. The highest BCUT2D eigenvalue weighted by Gasteiger charge is 2.51. The molecule has 96 valence electrons. The molecule has 4 nitrogen and oxygen atoms in total. The molecule has 4 heteroatoms. The van der Waals surface area contributed by atoms with E-state index in [9.17, 15) is 4.79 Å². The van der Waals surface area contributed by atoms with E-state index in [-0.39, 0.29) is 12.2 Å². The number of carbonyl (C=O) groups is 1. The van der Waals surface area contributed by atoms with Gasteiger partial charge in [0, 0.05) is 12.0 Å². The van der Waals surface area contributed by atoms with Crippen molar-refractivity contribution in [3.8, 4) is 0 Å². The molecule has 2 bridgehead atoms. The summed E-state index contributed by atoms with van der Waals surface area (Å²) in [5.74, 6) is -1.02. The lowest BCUT2D eigenvalue weighted by Gasteiger charge is -2.30. The average molecular weight is 248 g/mol. The van der Waals surface area contributed by atoms with Crippen molar-refractivity contribution in [2.75, 3.05) is 0 Å². The van der Waals surface area contributed by atoms with Gasteiger partial charge in [0.25, 0.3) is 0 Å². The van der Waals surface area contributed by atoms with Gasteiger partial charge in [-0.05, 0) is 37.5 Å². The zero-order valence-electron chi connectivity index (χ0n) is 10.8. The molecule has 2 aliphatic heterocycles. The number of ketones is 1. The lowest BCUT2D eigenvalue weighted by atomic mass is 9.88. The molecule has 0 saturated carbocycles. The van der Waals surface area contributed by atoms with Gasteiger partial charge >= 0.3 is 0 Å². The Morgan fingerprint density at radius 1 is 1.39 bits per heavy atom. The number of ether oxygens (including phenoxy) is 1. The van der Waals surface area contributed by atoms with E-state index in [4.69, 9.17) is 14.5 Å². The third-order valence-electron chi connectivity index (χ3n) is 3.61. The maximum absolute atomic E-state index is 11.4. The van der Waals surface area contributed by atoms with Gasteiger partial charge in [-0.25, -0.2) is 4.89 Å². The average Bonchev–Trinajstić information content (AvgIpc) is 2.61. The molecule has 1 aromatic carbocycles. The zero-order valence-corrected chi connectivity index (χ0v) is 10.8. The second-order valence-corrected chi connectivity index (χ2v) is 5.16. The molecule has 0 radical (unpaired) electrons. The molecule has 1 aromatic rings. The molecular weight excluding hydrogens is 232 g/mol. The Morgan fingerprint density at radius 3 is 2.83 bits per heavy atom. The fraction of sp³-hybridized carbons (Fsp3) is 0.500. The summed E-state index contributed by atoms with van der Waals surface area (Å²) in [4.78, 5) is 22.0. The van der Waals surface area contributed by atoms with Crippen LogP contribution in [0.3, 0.4) is 0 Å². The topological polar surface area (TPSA) is 44.8 Å². The zero-order chi connectivity index (χ0) is 12.9. The molecule has 0 aliphatic carbocycles. The first-order valence-corrected chi connectivity index (χ1v) is 6.12. The monoisotopic (exact) mass is 248 g/mol. The molecule has 2 unspecified atom stereocenters. The number of rotatable bonds is 2. The molecule has 3 rings (SSSR count). The second kappa shape index (κ2) is 3.88. The van der Waals surface area contributed by atoms with Crippen LogP contribution in [0.25, 0.3) is 0 Å². The van der Waals surface area contributed by atoms with Gasteiger partial charge in [0.05, 0.1) is 6.42 Å². The Kier molecular flexibility index (Phi) is 2.55. The summed E-state index contributed by atoms with van der Waals surface area (Å²) in [5, 5.41) is 0. The van der Waals surface area contributed by atoms with E-state index in [1.807, 2.05) is 13.0 Å². The second-order valence-electron chi connectivity index (χ2n) is 5.16. The quantitative estimate of drug-likeness (QED) is 0.753. The molecule has 18 heavy (non-hydrogen) atoms. The molecule has 0 spiro atoms. The van der Waals surface area contributed by atoms with E-state index in [1.54, 1.807) is 0 Å². The molecule has 0 N–H and O–H groups in total. The smallest absolute Gasteiger partial charge is 0.237 e. The van der Waals surface area contributed by atoms with E-state index >= 15 is 0 Å². The molecule has 2 heterocycles. The van der Waals surface area contributed by atoms with Gasteiger partial charge in [0.15, 0.2) is 6.29 Å². The van der Waals surface area contributed by atoms with Gasteiger partial charge in [-0.1, -0.05) is 12.1 Å². The predicted molar refractivity (Wildman–Crippen MR) is 63.6 cm³/mol. The number of hydrogen-bond donors (Lipinski definition) is 0. The van der Waals surface area contributed by atoms with Crippen LogP contribution in [0, 0.1) is 13.8 Å². The largest absolute Gasteiger partial charge is 0.310 e. The minimum Gasteiger partial charge on any atom is -0.310 e. The highest BCUT2D eigenvalue weighted by molar-refractivity contribution is 5.77. The van der Waals surface area contributed by atoms with Crippen LogP contribution in [0.15, 0.2) is 12.1 Å². The summed E-state index contributed by atoms with van der Waals surface area (Å²) >= 11 is 0. The van der Waals surface area contributed by atoms with Crippen LogP contribution in [0.2, 0.25) is 0 Å². The van der Waals surface area contributed by atoms with Crippen molar-refractivity contribution in [1.82, 2.24) is 0 Å². The van der Waals surface area contributed by atoms with Gasteiger partial charge in [-0.2, -0.15) is 4.89 Å². The number of Topliss-reactive ketones (excluding diaryl/α,β-unsaturated/α-hetero) is 1. The maximum atomic E-state index is 11.4. The summed E-state index contributed by atoms with van der Waals surface area (Å²) in [6, 6.07) is 4.17. The van der Waals surface area contributed by atoms with Crippen LogP contribution >= 0.6 is 0 Å². The molecular formula is C14H16O4. The molecule has 1 fully saturated rings. The van der Waals surface area contributed by atoms with Crippen molar-refractivity contribution < 1.29 is 19.3 Å². The van der Waals surface area contributed by atoms with E-state index in [0.29, 0.717) is 6.42 Å². The number of fused-ring (bicyclic) bond motifs is 4. The van der Waals surface area contributed by atoms with Crippen molar-refractivity contribution in [1.29, 1.82) is 0 Å². The fourth-order valence-electron chi connectivity index (χ4n) is 2.64. The van der Waals surface area contributed by atoms with Crippen LogP contribution in [0.5, 0.6) is 0 Å². The van der Waals surface area contributed by atoms with Crippen molar-refractivity contribution in [2.45, 2.75) is 45.7 Å². The third-order valence-corrected chi connectivity index (χ3v) is 3.61. The molecule has 2 atom stereocenters. The van der Waals surface area contributed by atoms with Crippen LogP contribution in [0.1, 0.15) is 35.6 Å². The Morgan fingerprint density at radius 2 is 2.11 bits per heavy atom. The van der Waals surface area contributed by atoms with Crippen LogP contribution in [-0.4, -0.2) is 12.1 Å². The van der Waals surface area contributed by atoms with Gasteiger partial charge < -0.3 is 4.74 Å². The standard InChI is InChI=1S/C14H16O4/c1-8-4-11-6-13-16-14(18-17-13,7-10(3)15)12(11)5-9(8)2/h4-5,13H,6-7H2,1-3H3. The Hall–Kier alpha value is -1.23. The van der Waals surface area contributed by atoms with Gasteiger partial charge in [0.2, 0.25) is 5.79 Å². The fourth-order valence-corrected chi connectivity index (χ4v) is 2.64. The summed E-state index contributed by atoms with van der Waals surface area (Å²) in [7, 11) is 0. The number of hydrogen-bond acceptors (Lipinski definition) is 4. The van der Waals surface area contributed by atoms with E-state index in [1.165, 1.54) is 12.5 Å². The van der Waals surface area contributed by atoms with Crippen LogP contribution in [0.4, 0.5) is 0 Å². The van der Waals surface area contributed by atoms with E-state index in [2.05, 4.69) is 13.0 Å². The Balaban J connectivity index is 2.13. The first-order valence-electron chi connectivity index (χ1n) is 6.12. The molecule has 2 aliphatic rings. The summed E-state index contributed by atoms with van der Waals surface area (Å²) in [6.07, 6.45) is 0.439. The van der Waals surface area contributed by atoms with Crippen LogP contribution in [-0.2, 0) is 31.5 Å². The summed E-state index contributed by atoms with van der Waals surface area (Å²) < 4.78 is 5.75. The van der Waals surface area contributed by atoms with E-state index < -0.39 is 12.1 Å². The normalized spacial score (nSPS) is 29.2. The van der Waals surface area contributed by atoms with Crippen molar-refractivity contribution in [3.05, 3.63) is 34.4 Å². The van der Waals surface area contributed by atoms with E-state index in [0.717, 1.165) is 16.7 Å². The number of carbonyl (C=O) groups excluding carboxylic acids is 1. The summed E-state index contributed by atoms with van der Waals surface area (Å²) in [5.41, 5.74) is 4.46. The van der Waals surface area contributed by atoms with Gasteiger partial charge in [0.1, 0.15) is 5.78 Å². The highest BCUT2D eigenvalue weighted by Crippen LogP contribution is 2.45.